The molecule has 4 rings (SSSR count). The van der Waals surface area contributed by atoms with Gasteiger partial charge in [0.25, 0.3) is 5.91 Å². The fraction of sp³-hybridized carbons (Fsp3) is 0.375. The van der Waals surface area contributed by atoms with Gasteiger partial charge in [0.2, 0.25) is 5.88 Å². The van der Waals surface area contributed by atoms with E-state index in [-0.39, 0.29) is 11.6 Å². The van der Waals surface area contributed by atoms with Crippen molar-refractivity contribution in [2.75, 3.05) is 25.1 Å². The number of rotatable bonds is 6. The molecule has 1 amide bonds. The molecule has 11 heteroatoms. The van der Waals surface area contributed by atoms with E-state index in [0.29, 0.717) is 43.3 Å². The van der Waals surface area contributed by atoms with Crippen LogP contribution in [0.1, 0.15) is 53.0 Å². The van der Waals surface area contributed by atoms with Gasteiger partial charge >= 0.3 is 6.18 Å². The molecule has 0 spiro atoms. The minimum Gasteiger partial charge on any atom is -0.477 e. The van der Waals surface area contributed by atoms with Gasteiger partial charge in [0.1, 0.15) is 5.69 Å². The summed E-state index contributed by atoms with van der Waals surface area (Å²) in [7, 11) is 0. The average molecular weight is 487 g/mol. The van der Waals surface area contributed by atoms with E-state index in [1.807, 2.05) is 26.0 Å². The van der Waals surface area contributed by atoms with Crippen molar-refractivity contribution in [2.45, 2.75) is 38.8 Å². The third-order valence-electron chi connectivity index (χ3n) is 5.68. The lowest BCUT2D eigenvalue weighted by atomic mass is 9.91. The SMILES string of the molecule is CCOc1nnc(-c2cc(NC(=O)c3cnc(C(F)(F)F)cn3)ccc2C)cc1C1CCOCC1. The van der Waals surface area contributed by atoms with Gasteiger partial charge in [-0.15, -0.1) is 10.2 Å². The Hall–Kier alpha value is -3.60. The first-order valence-corrected chi connectivity index (χ1v) is 11.2. The quantitative estimate of drug-likeness (QED) is 0.533. The van der Waals surface area contributed by atoms with Crippen LogP contribution >= 0.6 is 0 Å². The summed E-state index contributed by atoms with van der Waals surface area (Å²) in [6, 6.07) is 7.21. The Labute approximate surface area is 199 Å². The molecule has 0 aliphatic carbocycles. The summed E-state index contributed by atoms with van der Waals surface area (Å²) in [5.74, 6) is 0.0637. The molecule has 1 fully saturated rings. The van der Waals surface area contributed by atoms with E-state index >= 15 is 0 Å². The maximum Gasteiger partial charge on any atom is 0.434 e. The van der Waals surface area contributed by atoms with Crippen molar-refractivity contribution in [3.8, 4) is 17.1 Å². The lowest BCUT2D eigenvalue weighted by Crippen LogP contribution is -2.16. The number of hydrogen-bond donors (Lipinski definition) is 1. The first-order valence-electron chi connectivity index (χ1n) is 11.2. The standard InChI is InChI=1S/C24H24F3N5O3/c1-3-35-23-18(15-6-8-34-9-7-15)11-19(31-32-23)17-10-16(5-4-14(17)2)30-22(33)20-12-29-21(13-28-20)24(25,26)27/h4-5,10-13,15H,3,6-9H2,1-2H3,(H,30,33). The smallest absolute Gasteiger partial charge is 0.434 e. The number of aryl methyl sites for hydroxylation is 1. The maximum atomic E-state index is 12.7. The molecule has 0 atom stereocenters. The van der Waals surface area contributed by atoms with E-state index in [1.165, 1.54) is 0 Å². The molecule has 184 valence electrons. The molecule has 1 aromatic carbocycles. The zero-order valence-corrected chi connectivity index (χ0v) is 19.2. The van der Waals surface area contributed by atoms with Gasteiger partial charge < -0.3 is 14.8 Å². The molecule has 35 heavy (non-hydrogen) atoms. The third-order valence-corrected chi connectivity index (χ3v) is 5.68. The summed E-state index contributed by atoms with van der Waals surface area (Å²) in [6.07, 6.45) is -1.59. The van der Waals surface area contributed by atoms with E-state index in [1.54, 1.807) is 12.1 Å². The summed E-state index contributed by atoms with van der Waals surface area (Å²) in [5.41, 5.74) is 2.29. The normalized spacial score (nSPS) is 14.5. The summed E-state index contributed by atoms with van der Waals surface area (Å²) < 4.78 is 49.3. The van der Waals surface area contributed by atoms with E-state index in [2.05, 4.69) is 25.5 Å². The predicted molar refractivity (Wildman–Crippen MR) is 121 cm³/mol. The number of hydrogen-bond acceptors (Lipinski definition) is 7. The molecule has 3 heterocycles. The van der Waals surface area contributed by atoms with Crippen LogP contribution in [-0.2, 0) is 10.9 Å². The predicted octanol–water partition coefficient (Wildman–Crippen LogP) is 4.81. The van der Waals surface area contributed by atoms with Crippen LogP contribution in [0.3, 0.4) is 0 Å². The highest BCUT2D eigenvalue weighted by atomic mass is 19.4. The number of carbonyl (C=O) groups is 1. The summed E-state index contributed by atoms with van der Waals surface area (Å²) in [4.78, 5) is 19.4. The number of amides is 1. The Kier molecular flexibility index (Phi) is 7.25. The van der Waals surface area contributed by atoms with Crippen LogP contribution in [0, 0.1) is 6.92 Å². The van der Waals surface area contributed by atoms with Gasteiger partial charge in [0.15, 0.2) is 5.69 Å². The van der Waals surface area contributed by atoms with Crippen LogP contribution < -0.4 is 10.1 Å². The molecule has 0 bridgehead atoms. The molecule has 1 saturated heterocycles. The Morgan fingerprint density at radius 2 is 1.91 bits per heavy atom. The van der Waals surface area contributed by atoms with Crippen molar-refractivity contribution in [3.05, 3.63) is 59.2 Å². The van der Waals surface area contributed by atoms with E-state index in [0.717, 1.165) is 35.7 Å². The number of carbonyl (C=O) groups excluding carboxylic acids is 1. The lowest BCUT2D eigenvalue weighted by molar-refractivity contribution is -0.141. The molecule has 0 saturated carbocycles. The van der Waals surface area contributed by atoms with Crippen LogP contribution in [0.15, 0.2) is 36.7 Å². The van der Waals surface area contributed by atoms with Gasteiger partial charge in [-0.05, 0) is 56.4 Å². The molecule has 0 radical (unpaired) electrons. The van der Waals surface area contributed by atoms with Crippen molar-refractivity contribution >= 4 is 11.6 Å². The Bertz CT molecular complexity index is 1200. The lowest BCUT2D eigenvalue weighted by Gasteiger charge is -2.24. The highest BCUT2D eigenvalue weighted by Gasteiger charge is 2.33. The summed E-state index contributed by atoms with van der Waals surface area (Å²) >= 11 is 0. The second-order valence-corrected chi connectivity index (χ2v) is 8.08. The minimum absolute atomic E-state index is 0.234. The largest absolute Gasteiger partial charge is 0.477 e. The topological polar surface area (TPSA) is 99.1 Å². The first kappa shape index (κ1) is 24.5. The highest BCUT2D eigenvalue weighted by molar-refractivity contribution is 6.03. The first-order chi connectivity index (χ1) is 16.8. The van der Waals surface area contributed by atoms with Crippen molar-refractivity contribution in [1.29, 1.82) is 0 Å². The molecule has 3 aromatic rings. The number of halogens is 3. The second-order valence-electron chi connectivity index (χ2n) is 8.08. The number of nitrogens with one attached hydrogen (secondary N) is 1. The highest BCUT2D eigenvalue weighted by Crippen LogP contribution is 2.35. The summed E-state index contributed by atoms with van der Waals surface area (Å²) in [6.45, 7) is 5.61. The van der Waals surface area contributed by atoms with Gasteiger partial charge in [-0.3, -0.25) is 4.79 Å². The Balaban J connectivity index is 1.60. The molecule has 0 unspecified atom stereocenters. The van der Waals surface area contributed by atoms with Gasteiger partial charge in [0, 0.05) is 30.0 Å². The molecule has 1 N–H and O–H groups in total. The van der Waals surface area contributed by atoms with Crippen molar-refractivity contribution in [1.82, 2.24) is 20.2 Å². The van der Waals surface area contributed by atoms with Crippen LogP contribution in [-0.4, -0.2) is 45.9 Å². The molecule has 2 aromatic heterocycles. The van der Waals surface area contributed by atoms with Crippen molar-refractivity contribution in [2.24, 2.45) is 0 Å². The number of nitrogens with zero attached hydrogens (tertiary/aromatic N) is 4. The molecule has 1 aliphatic heterocycles. The van der Waals surface area contributed by atoms with E-state index in [9.17, 15) is 18.0 Å². The fourth-order valence-electron chi connectivity index (χ4n) is 3.84. The van der Waals surface area contributed by atoms with Crippen LogP contribution in [0.2, 0.25) is 0 Å². The number of alkyl halides is 3. The average Bonchev–Trinajstić information content (AvgIpc) is 2.86. The molecular formula is C24H24F3N5O3. The monoisotopic (exact) mass is 487 g/mol. The van der Waals surface area contributed by atoms with Gasteiger partial charge in [-0.1, -0.05) is 6.07 Å². The molecular weight excluding hydrogens is 463 g/mol. The van der Waals surface area contributed by atoms with Crippen molar-refractivity contribution in [3.63, 3.8) is 0 Å². The fourth-order valence-corrected chi connectivity index (χ4v) is 3.84. The van der Waals surface area contributed by atoms with Gasteiger partial charge in [-0.25, -0.2) is 9.97 Å². The Morgan fingerprint density at radius 3 is 2.57 bits per heavy atom. The number of ether oxygens (including phenoxy) is 2. The minimum atomic E-state index is -4.63. The zero-order valence-electron chi connectivity index (χ0n) is 19.2. The maximum absolute atomic E-state index is 12.7. The number of aromatic nitrogens is 4. The van der Waals surface area contributed by atoms with Crippen LogP contribution in [0.5, 0.6) is 5.88 Å². The summed E-state index contributed by atoms with van der Waals surface area (Å²) in [5, 5.41) is 11.3. The Morgan fingerprint density at radius 1 is 1.14 bits per heavy atom. The van der Waals surface area contributed by atoms with E-state index < -0.39 is 17.8 Å². The van der Waals surface area contributed by atoms with Crippen molar-refractivity contribution < 1.29 is 27.4 Å². The zero-order chi connectivity index (χ0) is 25.0. The third kappa shape index (κ3) is 5.73. The molecule has 1 aliphatic rings. The van der Waals surface area contributed by atoms with Crippen LogP contribution in [0.4, 0.5) is 18.9 Å². The van der Waals surface area contributed by atoms with Crippen LogP contribution in [0.25, 0.3) is 11.3 Å². The number of benzene rings is 1. The number of anilines is 1. The van der Waals surface area contributed by atoms with Gasteiger partial charge in [0.05, 0.1) is 24.7 Å². The van der Waals surface area contributed by atoms with Gasteiger partial charge in [-0.2, -0.15) is 13.2 Å². The molecule has 8 nitrogen and oxygen atoms in total. The van der Waals surface area contributed by atoms with E-state index in [4.69, 9.17) is 9.47 Å². The second kappa shape index (κ2) is 10.3.